The molecule has 3 heterocycles. The maximum absolute atomic E-state index is 13.4. The Balaban J connectivity index is 2.10. The number of H-pyrrole nitrogens is 1. The zero-order chi connectivity index (χ0) is 18.4. The molecule has 0 spiro atoms. The lowest BCUT2D eigenvalue weighted by Crippen LogP contribution is -2.24. The topological polar surface area (TPSA) is 53.9 Å². The van der Waals surface area contributed by atoms with Gasteiger partial charge in [-0.3, -0.25) is 4.79 Å². The lowest BCUT2D eigenvalue weighted by molar-refractivity contribution is 0.387. The van der Waals surface area contributed by atoms with Gasteiger partial charge in [-0.25, -0.2) is 4.98 Å². The first-order valence-electron chi connectivity index (χ1n) is 9.01. The van der Waals surface area contributed by atoms with E-state index in [1.54, 1.807) is 0 Å². The molecule has 0 aliphatic carbocycles. The minimum atomic E-state index is 0.0862. The lowest BCUT2D eigenvalue weighted by atomic mass is 10.0. The van der Waals surface area contributed by atoms with Crippen LogP contribution in [0.15, 0.2) is 35.4 Å². The third-order valence-electron chi connectivity index (χ3n) is 5.21. The molecule has 5 nitrogen and oxygen atoms in total. The van der Waals surface area contributed by atoms with Crippen molar-refractivity contribution in [2.75, 3.05) is 20.6 Å². The summed E-state index contributed by atoms with van der Waals surface area (Å²) >= 11 is 0. The van der Waals surface area contributed by atoms with Crippen LogP contribution in [0.4, 0.5) is 0 Å². The van der Waals surface area contributed by atoms with Crippen LogP contribution in [0.5, 0.6) is 0 Å². The Morgan fingerprint density at radius 2 is 1.81 bits per heavy atom. The number of rotatable bonds is 4. The van der Waals surface area contributed by atoms with Crippen LogP contribution < -0.4 is 5.56 Å². The fourth-order valence-electron chi connectivity index (χ4n) is 3.70. The Kier molecular flexibility index (Phi) is 4.04. The number of aromatic amines is 1. The molecule has 3 aromatic heterocycles. The van der Waals surface area contributed by atoms with E-state index in [1.165, 1.54) is 5.56 Å². The van der Waals surface area contributed by atoms with Crippen molar-refractivity contribution in [3.8, 4) is 0 Å². The highest BCUT2D eigenvalue weighted by atomic mass is 16.1. The molecular formula is C21H24N4O. The molecular weight excluding hydrogens is 324 g/mol. The first-order valence-corrected chi connectivity index (χ1v) is 9.01. The summed E-state index contributed by atoms with van der Waals surface area (Å²) in [7, 11) is 4.11. The highest BCUT2D eigenvalue weighted by Gasteiger charge is 2.15. The molecule has 0 atom stereocenters. The molecule has 0 aliphatic rings. The molecule has 5 heteroatoms. The van der Waals surface area contributed by atoms with Crippen LogP contribution >= 0.6 is 0 Å². The van der Waals surface area contributed by atoms with E-state index < -0.39 is 0 Å². The largest absolute Gasteiger partial charge is 0.346 e. The normalized spacial score (nSPS) is 12.0. The summed E-state index contributed by atoms with van der Waals surface area (Å²) in [5.41, 5.74) is 4.22. The minimum absolute atomic E-state index is 0.0862. The molecule has 26 heavy (non-hydrogen) atoms. The summed E-state index contributed by atoms with van der Waals surface area (Å²) in [6.45, 7) is 5.79. The Bertz CT molecular complexity index is 1180. The predicted octanol–water partition coefficient (Wildman–Crippen LogP) is 3.60. The summed E-state index contributed by atoms with van der Waals surface area (Å²) in [6.07, 6.45) is 4.70. The smallest absolute Gasteiger partial charge is 0.258 e. The van der Waals surface area contributed by atoms with Gasteiger partial charge in [0.1, 0.15) is 5.65 Å². The molecule has 0 amide bonds. The second kappa shape index (κ2) is 6.25. The van der Waals surface area contributed by atoms with Crippen LogP contribution in [0.3, 0.4) is 0 Å². The Morgan fingerprint density at radius 3 is 2.54 bits per heavy atom. The first-order chi connectivity index (χ1) is 12.5. The van der Waals surface area contributed by atoms with E-state index in [4.69, 9.17) is 0 Å². The zero-order valence-electron chi connectivity index (χ0n) is 15.8. The number of aromatic nitrogens is 3. The van der Waals surface area contributed by atoms with E-state index in [0.717, 1.165) is 51.2 Å². The van der Waals surface area contributed by atoms with Crippen LogP contribution in [-0.4, -0.2) is 40.1 Å². The van der Waals surface area contributed by atoms with Gasteiger partial charge >= 0.3 is 0 Å². The van der Waals surface area contributed by atoms with E-state index in [-0.39, 0.29) is 5.56 Å². The third-order valence-corrected chi connectivity index (χ3v) is 5.21. The van der Waals surface area contributed by atoms with E-state index in [0.29, 0.717) is 6.54 Å². The molecule has 0 saturated heterocycles. The monoisotopic (exact) mass is 348 g/mol. The highest BCUT2D eigenvalue weighted by Crippen LogP contribution is 2.29. The number of aryl methyl sites for hydroxylation is 3. The van der Waals surface area contributed by atoms with Crippen LogP contribution in [0.25, 0.3) is 32.7 Å². The Morgan fingerprint density at radius 1 is 1.08 bits per heavy atom. The van der Waals surface area contributed by atoms with Gasteiger partial charge in [-0.1, -0.05) is 6.07 Å². The van der Waals surface area contributed by atoms with Crippen molar-refractivity contribution in [3.63, 3.8) is 0 Å². The highest BCUT2D eigenvalue weighted by molar-refractivity contribution is 6.13. The van der Waals surface area contributed by atoms with Crippen LogP contribution in [0.2, 0.25) is 0 Å². The number of hydrogen-bond acceptors (Lipinski definition) is 3. The summed E-state index contributed by atoms with van der Waals surface area (Å²) < 4.78 is 1.94. The van der Waals surface area contributed by atoms with Crippen molar-refractivity contribution in [2.24, 2.45) is 0 Å². The number of pyridine rings is 2. The molecule has 1 aromatic carbocycles. The van der Waals surface area contributed by atoms with E-state index in [2.05, 4.69) is 48.9 Å². The predicted molar refractivity (Wildman–Crippen MR) is 108 cm³/mol. The van der Waals surface area contributed by atoms with Gasteiger partial charge in [-0.2, -0.15) is 0 Å². The van der Waals surface area contributed by atoms with Gasteiger partial charge in [0.05, 0.1) is 5.52 Å². The van der Waals surface area contributed by atoms with Crippen molar-refractivity contribution in [1.29, 1.82) is 0 Å². The molecule has 0 aliphatic heterocycles. The number of fused-ring (bicyclic) bond motifs is 5. The Labute approximate surface area is 152 Å². The van der Waals surface area contributed by atoms with Crippen molar-refractivity contribution in [2.45, 2.75) is 26.8 Å². The second-order valence-corrected chi connectivity index (χ2v) is 7.36. The number of nitrogens with one attached hydrogen (secondary N) is 1. The number of nitrogens with zero attached hydrogens (tertiary/aromatic N) is 3. The van der Waals surface area contributed by atoms with Crippen molar-refractivity contribution in [3.05, 3.63) is 52.1 Å². The first kappa shape index (κ1) is 16.8. The lowest BCUT2D eigenvalue weighted by Gasteiger charge is -2.16. The molecule has 4 rings (SSSR count). The molecule has 0 radical (unpaired) electrons. The van der Waals surface area contributed by atoms with Crippen molar-refractivity contribution >= 4 is 32.7 Å². The number of hydrogen-bond donors (Lipinski definition) is 1. The summed E-state index contributed by atoms with van der Waals surface area (Å²) in [4.78, 5) is 23.3. The summed E-state index contributed by atoms with van der Waals surface area (Å²) in [6, 6.07) is 6.16. The standard InChI is InChI=1S/C21H24N4O/c1-13-10-16-17(11-14(13)2)21(26)25(9-5-8-24(3)4)19-15-6-7-22-20(15)23-12-18(16)19/h6-7,10-12H,5,8-9H2,1-4H3,(H,22,23). The molecule has 134 valence electrons. The van der Waals surface area contributed by atoms with E-state index >= 15 is 0 Å². The maximum Gasteiger partial charge on any atom is 0.258 e. The van der Waals surface area contributed by atoms with Gasteiger partial charge in [0.2, 0.25) is 0 Å². The minimum Gasteiger partial charge on any atom is -0.346 e. The van der Waals surface area contributed by atoms with Gasteiger partial charge in [0.15, 0.2) is 0 Å². The third kappa shape index (κ3) is 2.59. The number of benzene rings is 1. The van der Waals surface area contributed by atoms with Gasteiger partial charge in [-0.05, 0) is 69.6 Å². The molecule has 4 aromatic rings. The SMILES string of the molecule is Cc1cc2c(=O)n(CCCN(C)C)c3c4cc[nH]c4ncc3c2cc1C. The Hall–Kier alpha value is -2.66. The van der Waals surface area contributed by atoms with Crippen molar-refractivity contribution in [1.82, 2.24) is 19.4 Å². The molecule has 0 fully saturated rings. The van der Waals surface area contributed by atoms with Gasteiger partial charge in [-0.15, -0.1) is 0 Å². The molecule has 0 unspecified atom stereocenters. The fourth-order valence-corrected chi connectivity index (χ4v) is 3.70. The second-order valence-electron chi connectivity index (χ2n) is 7.36. The fraction of sp³-hybridized carbons (Fsp3) is 0.333. The average Bonchev–Trinajstić information content (AvgIpc) is 3.07. The quantitative estimate of drug-likeness (QED) is 0.573. The summed E-state index contributed by atoms with van der Waals surface area (Å²) in [5, 5.41) is 3.82. The van der Waals surface area contributed by atoms with E-state index in [9.17, 15) is 4.79 Å². The summed E-state index contributed by atoms with van der Waals surface area (Å²) in [5.74, 6) is 0. The zero-order valence-corrected chi connectivity index (χ0v) is 15.8. The molecule has 0 saturated carbocycles. The molecule has 1 N–H and O–H groups in total. The maximum atomic E-state index is 13.4. The van der Waals surface area contributed by atoms with Gasteiger partial charge in [0, 0.05) is 35.1 Å². The van der Waals surface area contributed by atoms with Crippen LogP contribution in [0.1, 0.15) is 17.5 Å². The van der Waals surface area contributed by atoms with Crippen LogP contribution in [-0.2, 0) is 6.54 Å². The van der Waals surface area contributed by atoms with Crippen LogP contribution in [0, 0.1) is 13.8 Å². The van der Waals surface area contributed by atoms with Crippen molar-refractivity contribution < 1.29 is 0 Å². The molecule has 0 bridgehead atoms. The van der Waals surface area contributed by atoms with Gasteiger partial charge in [0.25, 0.3) is 5.56 Å². The average molecular weight is 348 g/mol. The van der Waals surface area contributed by atoms with E-state index in [1.807, 2.05) is 29.1 Å². The van der Waals surface area contributed by atoms with Gasteiger partial charge < -0.3 is 14.5 Å².